The number of ether oxygens (including phenoxy) is 2. The molecule has 18 heavy (non-hydrogen) atoms. The lowest BCUT2D eigenvalue weighted by molar-refractivity contribution is -0.144. The van der Waals surface area contributed by atoms with Crippen LogP contribution in [-0.2, 0) is 9.53 Å². The van der Waals surface area contributed by atoms with Gasteiger partial charge in [0.05, 0.1) is 6.61 Å². The molecule has 0 bridgehead atoms. The summed E-state index contributed by atoms with van der Waals surface area (Å²) in [6, 6.07) is 5.63. The molecule has 98 valence electrons. The Bertz CT molecular complexity index is 441. The van der Waals surface area contributed by atoms with E-state index in [4.69, 9.17) is 14.6 Å². The molecule has 1 aromatic carbocycles. The summed E-state index contributed by atoms with van der Waals surface area (Å²) in [7, 11) is 0. The molecule has 0 amide bonds. The van der Waals surface area contributed by atoms with Crippen molar-refractivity contribution in [2.45, 2.75) is 25.4 Å². The van der Waals surface area contributed by atoms with E-state index in [1.165, 1.54) is 6.92 Å². The Kier molecular flexibility index (Phi) is 4.24. The van der Waals surface area contributed by atoms with Crippen molar-refractivity contribution in [3.8, 4) is 5.75 Å². The number of rotatable bonds is 4. The van der Waals surface area contributed by atoms with E-state index in [9.17, 15) is 4.79 Å². The van der Waals surface area contributed by atoms with Crippen molar-refractivity contribution in [1.29, 1.82) is 0 Å². The van der Waals surface area contributed by atoms with Crippen LogP contribution in [0.5, 0.6) is 5.75 Å². The average Bonchev–Trinajstić information content (AvgIpc) is 2.84. The second-order valence-corrected chi connectivity index (χ2v) is 5.26. The van der Waals surface area contributed by atoms with E-state index in [1.807, 2.05) is 12.1 Å². The summed E-state index contributed by atoms with van der Waals surface area (Å²) < 4.78 is 11.8. The van der Waals surface area contributed by atoms with Crippen LogP contribution in [0.2, 0.25) is 0 Å². The fourth-order valence-electron chi connectivity index (χ4n) is 1.97. The fraction of sp³-hybridized carbons (Fsp3) is 0.462. The minimum absolute atomic E-state index is 0.276. The molecular weight excluding hydrogens is 300 g/mol. The molecule has 5 heteroatoms. The molecule has 1 saturated heterocycles. The smallest absolute Gasteiger partial charge is 0.344 e. The first-order valence-corrected chi connectivity index (χ1v) is 6.64. The Hall–Kier alpha value is -1.07. The molecule has 2 unspecified atom stereocenters. The maximum atomic E-state index is 10.8. The first kappa shape index (κ1) is 13.4. The first-order valence-electron chi connectivity index (χ1n) is 5.84. The van der Waals surface area contributed by atoms with Crippen LogP contribution in [0.1, 0.15) is 24.8 Å². The molecule has 1 aliphatic heterocycles. The molecule has 1 aromatic rings. The van der Waals surface area contributed by atoms with Crippen LogP contribution < -0.4 is 4.74 Å². The molecule has 4 nitrogen and oxygen atoms in total. The highest BCUT2D eigenvalue weighted by atomic mass is 79.9. The lowest BCUT2D eigenvalue weighted by Crippen LogP contribution is -2.23. The van der Waals surface area contributed by atoms with Gasteiger partial charge in [0.15, 0.2) is 6.10 Å². The van der Waals surface area contributed by atoms with Crippen LogP contribution >= 0.6 is 15.9 Å². The van der Waals surface area contributed by atoms with Crippen molar-refractivity contribution in [3.05, 3.63) is 28.2 Å². The highest BCUT2D eigenvalue weighted by Crippen LogP contribution is 2.35. The first-order chi connectivity index (χ1) is 8.58. The van der Waals surface area contributed by atoms with Crippen molar-refractivity contribution in [2.75, 3.05) is 13.2 Å². The maximum Gasteiger partial charge on any atom is 0.344 e. The predicted molar refractivity (Wildman–Crippen MR) is 70.0 cm³/mol. The van der Waals surface area contributed by atoms with E-state index < -0.39 is 12.1 Å². The Labute approximate surface area is 114 Å². The highest BCUT2D eigenvalue weighted by Gasteiger charge is 2.23. The summed E-state index contributed by atoms with van der Waals surface area (Å²) in [5, 5.41) is 8.90. The van der Waals surface area contributed by atoms with Crippen LogP contribution in [0, 0.1) is 0 Å². The summed E-state index contributed by atoms with van der Waals surface area (Å²) >= 11 is 3.43. The molecule has 0 radical (unpaired) electrons. The minimum Gasteiger partial charge on any atom is -0.479 e. The van der Waals surface area contributed by atoms with E-state index in [0.29, 0.717) is 12.4 Å². The van der Waals surface area contributed by atoms with E-state index in [2.05, 4.69) is 15.9 Å². The van der Waals surface area contributed by atoms with Gasteiger partial charge in [0.1, 0.15) is 5.75 Å². The van der Waals surface area contributed by atoms with Gasteiger partial charge in [0, 0.05) is 22.6 Å². The summed E-state index contributed by atoms with van der Waals surface area (Å²) in [5.74, 6) is -0.0614. The largest absolute Gasteiger partial charge is 0.479 e. The molecule has 0 aliphatic carbocycles. The Morgan fingerprint density at radius 1 is 1.61 bits per heavy atom. The van der Waals surface area contributed by atoms with Crippen LogP contribution in [0.3, 0.4) is 0 Å². The van der Waals surface area contributed by atoms with Gasteiger partial charge in [0.25, 0.3) is 0 Å². The zero-order valence-electron chi connectivity index (χ0n) is 10.1. The second-order valence-electron chi connectivity index (χ2n) is 4.34. The van der Waals surface area contributed by atoms with Crippen molar-refractivity contribution >= 4 is 21.9 Å². The van der Waals surface area contributed by atoms with Gasteiger partial charge in [-0.15, -0.1) is 0 Å². The van der Waals surface area contributed by atoms with Gasteiger partial charge < -0.3 is 14.6 Å². The molecule has 2 atom stereocenters. The van der Waals surface area contributed by atoms with Gasteiger partial charge in [-0.05, 0) is 31.5 Å². The van der Waals surface area contributed by atoms with Crippen LogP contribution in [0.25, 0.3) is 0 Å². The zero-order valence-corrected chi connectivity index (χ0v) is 11.6. The topological polar surface area (TPSA) is 55.8 Å². The van der Waals surface area contributed by atoms with E-state index >= 15 is 0 Å². The van der Waals surface area contributed by atoms with E-state index in [0.717, 1.165) is 23.1 Å². The number of hydrogen-bond acceptors (Lipinski definition) is 3. The molecule has 0 aromatic heterocycles. The Morgan fingerprint density at radius 2 is 2.39 bits per heavy atom. The quantitative estimate of drug-likeness (QED) is 0.928. The van der Waals surface area contributed by atoms with E-state index in [1.54, 1.807) is 6.07 Å². The Morgan fingerprint density at radius 3 is 3.00 bits per heavy atom. The second kappa shape index (κ2) is 5.71. The standard InChI is InChI=1S/C13H15BrO4/c1-8(13(15)16)18-12-3-2-10(14)6-11(12)9-4-5-17-7-9/h2-3,6,8-9H,4-5,7H2,1H3,(H,15,16). The van der Waals surface area contributed by atoms with Gasteiger partial charge in [-0.1, -0.05) is 15.9 Å². The zero-order chi connectivity index (χ0) is 13.1. The van der Waals surface area contributed by atoms with Gasteiger partial charge in [-0.25, -0.2) is 4.79 Å². The number of benzene rings is 1. The van der Waals surface area contributed by atoms with Crippen molar-refractivity contribution < 1.29 is 19.4 Å². The van der Waals surface area contributed by atoms with Crippen LogP contribution in [0.4, 0.5) is 0 Å². The third-order valence-corrected chi connectivity index (χ3v) is 3.49. The van der Waals surface area contributed by atoms with Gasteiger partial charge >= 0.3 is 5.97 Å². The SMILES string of the molecule is CC(Oc1ccc(Br)cc1C1CCOC1)C(=O)O. The summed E-state index contributed by atoms with van der Waals surface area (Å²) in [4.78, 5) is 10.8. The molecule has 0 saturated carbocycles. The summed E-state index contributed by atoms with van der Waals surface area (Å²) in [6.45, 7) is 2.93. The van der Waals surface area contributed by atoms with Gasteiger partial charge in [0.2, 0.25) is 0 Å². The molecule has 1 N–H and O–H groups in total. The molecule has 0 spiro atoms. The summed E-state index contributed by atoms with van der Waals surface area (Å²) in [5.41, 5.74) is 1.01. The lowest BCUT2D eigenvalue weighted by atomic mass is 9.97. The van der Waals surface area contributed by atoms with Gasteiger partial charge in [-0.3, -0.25) is 0 Å². The third kappa shape index (κ3) is 3.03. The molecule has 1 fully saturated rings. The number of aliphatic carboxylic acids is 1. The Balaban J connectivity index is 2.25. The number of carboxylic acid groups (broad SMARTS) is 1. The van der Waals surface area contributed by atoms with Crippen LogP contribution in [-0.4, -0.2) is 30.4 Å². The van der Waals surface area contributed by atoms with Gasteiger partial charge in [-0.2, -0.15) is 0 Å². The number of hydrogen-bond donors (Lipinski definition) is 1. The molecule has 1 heterocycles. The summed E-state index contributed by atoms with van der Waals surface area (Å²) in [6.07, 6.45) is 0.0844. The number of carbonyl (C=O) groups is 1. The van der Waals surface area contributed by atoms with Crippen molar-refractivity contribution in [3.63, 3.8) is 0 Å². The molecule has 2 rings (SSSR count). The highest BCUT2D eigenvalue weighted by molar-refractivity contribution is 9.10. The van der Waals surface area contributed by atoms with E-state index in [-0.39, 0.29) is 5.92 Å². The van der Waals surface area contributed by atoms with Crippen LogP contribution in [0.15, 0.2) is 22.7 Å². The number of carboxylic acids is 1. The molecule has 1 aliphatic rings. The van der Waals surface area contributed by atoms with Crippen molar-refractivity contribution in [1.82, 2.24) is 0 Å². The third-order valence-electron chi connectivity index (χ3n) is 2.99. The monoisotopic (exact) mass is 314 g/mol. The normalized spacial score (nSPS) is 20.7. The maximum absolute atomic E-state index is 10.8. The lowest BCUT2D eigenvalue weighted by Gasteiger charge is -2.17. The minimum atomic E-state index is -0.966. The number of halogens is 1. The molecular formula is C13H15BrO4. The average molecular weight is 315 g/mol. The van der Waals surface area contributed by atoms with Crippen molar-refractivity contribution in [2.24, 2.45) is 0 Å². The predicted octanol–water partition coefficient (Wildman–Crippen LogP) is 2.80. The fourth-order valence-corrected chi connectivity index (χ4v) is 2.35.